The van der Waals surface area contributed by atoms with E-state index in [0.29, 0.717) is 5.01 Å². The van der Waals surface area contributed by atoms with Crippen molar-refractivity contribution in [3.63, 3.8) is 0 Å². The van der Waals surface area contributed by atoms with Gasteiger partial charge in [-0.3, -0.25) is 4.79 Å². The van der Waals surface area contributed by atoms with Gasteiger partial charge in [-0.15, -0.1) is 11.3 Å². The summed E-state index contributed by atoms with van der Waals surface area (Å²) < 4.78 is 35.5. The van der Waals surface area contributed by atoms with Crippen LogP contribution < -0.4 is 4.72 Å². The zero-order valence-electron chi connectivity index (χ0n) is 11.4. The van der Waals surface area contributed by atoms with Gasteiger partial charge in [0.25, 0.3) is 5.91 Å². The van der Waals surface area contributed by atoms with Gasteiger partial charge >= 0.3 is 0 Å². The smallest absolute Gasteiger partial charge is 0.284 e. The van der Waals surface area contributed by atoms with Gasteiger partial charge in [0.1, 0.15) is 22.2 Å². The Morgan fingerprint density at radius 1 is 1.57 bits per heavy atom. The molecule has 0 saturated heterocycles. The normalized spacial score (nSPS) is 13.0. The molecule has 1 amide bonds. The molecule has 0 unspecified atom stereocenters. The number of thiazole rings is 1. The summed E-state index contributed by atoms with van der Waals surface area (Å²) in [5, 5.41) is 1.24. The highest BCUT2D eigenvalue weighted by Gasteiger charge is 2.25. The number of ether oxygens (including phenoxy) is 1. The third kappa shape index (κ3) is 3.69. The van der Waals surface area contributed by atoms with Crippen LogP contribution in [0.5, 0.6) is 0 Å². The molecule has 114 valence electrons. The molecule has 0 aliphatic heterocycles. The summed E-state index contributed by atoms with van der Waals surface area (Å²) in [5.74, 6) is -0.760. The van der Waals surface area contributed by atoms with Crippen LogP contribution in [0.2, 0.25) is 0 Å². The second kappa shape index (κ2) is 6.37. The number of hydrogen-bond donors (Lipinski definition) is 1. The number of methoxy groups -OCH3 is 1. The predicted molar refractivity (Wildman–Crippen MR) is 77.5 cm³/mol. The van der Waals surface area contributed by atoms with Gasteiger partial charge in [0.15, 0.2) is 0 Å². The lowest BCUT2D eigenvalue weighted by Gasteiger charge is -2.11. The summed E-state index contributed by atoms with van der Waals surface area (Å²) in [6.45, 7) is 1.46. The van der Waals surface area contributed by atoms with Crippen LogP contribution in [-0.4, -0.2) is 38.3 Å². The Hall–Kier alpha value is -1.71. The van der Waals surface area contributed by atoms with E-state index in [4.69, 9.17) is 9.15 Å². The van der Waals surface area contributed by atoms with Gasteiger partial charge < -0.3 is 9.15 Å². The van der Waals surface area contributed by atoms with Crippen LogP contribution in [0.1, 0.15) is 17.4 Å². The minimum absolute atomic E-state index is 0.0000513. The van der Waals surface area contributed by atoms with E-state index in [1.807, 2.05) is 4.72 Å². The van der Waals surface area contributed by atoms with Gasteiger partial charge in [-0.1, -0.05) is 0 Å². The lowest BCUT2D eigenvalue weighted by atomic mass is 10.3. The van der Waals surface area contributed by atoms with Crippen molar-refractivity contribution in [2.45, 2.75) is 12.2 Å². The summed E-state index contributed by atoms with van der Waals surface area (Å²) in [6, 6.07) is 1.71. The van der Waals surface area contributed by atoms with E-state index >= 15 is 0 Å². The molecule has 1 N–H and O–H groups in total. The summed E-state index contributed by atoms with van der Waals surface area (Å²) in [4.78, 5) is 16.0. The maximum absolute atomic E-state index is 11.9. The largest absolute Gasteiger partial charge is 0.472 e. The molecule has 7 nitrogen and oxygen atoms in total. The molecule has 21 heavy (non-hydrogen) atoms. The average Bonchev–Trinajstić information content (AvgIpc) is 3.09. The van der Waals surface area contributed by atoms with Gasteiger partial charge in [0.2, 0.25) is 10.0 Å². The Bertz CT molecular complexity index is 706. The number of rotatable bonds is 6. The Labute approximate surface area is 126 Å². The summed E-state index contributed by atoms with van der Waals surface area (Å²) in [6.07, 6.45) is 2.99. The van der Waals surface area contributed by atoms with E-state index in [-0.39, 0.29) is 12.3 Å². The van der Waals surface area contributed by atoms with Crippen molar-refractivity contribution in [1.82, 2.24) is 9.71 Å². The molecule has 0 aromatic carbocycles. The van der Waals surface area contributed by atoms with Gasteiger partial charge in [-0.25, -0.2) is 18.1 Å². The molecule has 2 heterocycles. The molecule has 2 rings (SSSR count). The molecular formula is C12H14N2O5S2. The Morgan fingerprint density at radius 2 is 2.33 bits per heavy atom. The topological polar surface area (TPSA) is 98.5 Å². The first kappa shape index (κ1) is 15.7. The van der Waals surface area contributed by atoms with Crippen molar-refractivity contribution in [3.05, 3.63) is 29.7 Å². The number of sulfonamides is 1. The number of nitrogens with zero attached hydrogens (tertiary/aromatic N) is 1. The standard InChI is InChI=1S/C12H14N2O5S2/c1-8(5-18-2)21(16,17)14-11(15)10-7-20-12(13-10)9-3-4-19-6-9/h3-4,6-8H,5H2,1-2H3,(H,14,15)/t8-/m0/s1. The van der Waals surface area contributed by atoms with Crippen molar-refractivity contribution in [3.8, 4) is 10.6 Å². The van der Waals surface area contributed by atoms with Crippen LogP contribution in [-0.2, 0) is 14.8 Å². The minimum Gasteiger partial charge on any atom is -0.472 e. The maximum atomic E-state index is 11.9. The monoisotopic (exact) mass is 330 g/mol. The molecule has 0 saturated carbocycles. The van der Waals surface area contributed by atoms with Crippen molar-refractivity contribution < 1.29 is 22.4 Å². The van der Waals surface area contributed by atoms with Crippen LogP contribution in [0, 0.1) is 0 Å². The molecular weight excluding hydrogens is 316 g/mol. The summed E-state index contributed by atoms with van der Waals surface area (Å²) in [5.41, 5.74) is 0.777. The zero-order valence-corrected chi connectivity index (χ0v) is 13.0. The van der Waals surface area contributed by atoms with E-state index in [9.17, 15) is 13.2 Å². The minimum atomic E-state index is -3.79. The van der Waals surface area contributed by atoms with Crippen LogP contribution in [0.25, 0.3) is 10.6 Å². The maximum Gasteiger partial charge on any atom is 0.284 e. The third-order valence-electron chi connectivity index (χ3n) is 2.67. The first-order chi connectivity index (χ1) is 9.94. The number of carbonyl (C=O) groups is 1. The fourth-order valence-corrected chi connectivity index (χ4v) is 3.17. The number of carbonyl (C=O) groups excluding carboxylic acids is 1. The van der Waals surface area contributed by atoms with Gasteiger partial charge in [-0.05, 0) is 13.0 Å². The molecule has 2 aromatic heterocycles. The van der Waals surface area contributed by atoms with E-state index < -0.39 is 21.2 Å². The zero-order chi connectivity index (χ0) is 15.5. The summed E-state index contributed by atoms with van der Waals surface area (Å²) in [7, 11) is -2.40. The second-order valence-corrected chi connectivity index (χ2v) is 7.25. The molecule has 0 aliphatic rings. The number of hydrogen-bond acceptors (Lipinski definition) is 7. The molecule has 0 spiro atoms. The van der Waals surface area contributed by atoms with Gasteiger partial charge in [0, 0.05) is 18.1 Å². The average molecular weight is 330 g/mol. The first-order valence-corrected chi connectivity index (χ1v) is 8.39. The fourth-order valence-electron chi connectivity index (χ4n) is 1.50. The third-order valence-corrected chi connectivity index (χ3v) is 5.23. The van der Waals surface area contributed by atoms with Crippen molar-refractivity contribution in [2.24, 2.45) is 0 Å². The van der Waals surface area contributed by atoms with E-state index in [2.05, 4.69) is 4.98 Å². The lowest BCUT2D eigenvalue weighted by Crippen LogP contribution is -2.39. The molecule has 2 aromatic rings. The van der Waals surface area contributed by atoms with Crippen molar-refractivity contribution in [2.75, 3.05) is 13.7 Å². The van der Waals surface area contributed by atoms with Gasteiger partial charge in [0.05, 0.1) is 12.9 Å². The summed E-state index contributed by atoms with van der Waals surface area (Å²) >= 11 is 1.23. The Kier molecular flexibility index (Phi) is 4.76. The number of furan rings is 1. The molecule has 1 atom stereocenters. The lowest BCUT2D eigenvalue weighted by molar-refractivity contribution is 0.0976. The van der Waals surface area contributed by atoms with Crippen LogP contribution in [0.3, 0.4) is 0 Å². The molecule has 0 bridgehead atoms. The molecule has 0 fully saturated rings. The number of aromatic nitrogens is 1. The molecule has 0 aliphatic carbocycles. The molecule has 0 radical (unpaired) electrons. The van der Waals surface area contributed by atoms with Crippen LogP contribution >= 0.6 is 11.3 Å². The number of amides is 1. The van der Waals surface area contributed by atoms with Crippen molar-refractivity contribution in [1.29, 1.82) is 0 Å². The Balaban J connectivity index is 2.11. The second-order valence-electron chi connectivity index (χ2n) is 4.29. The quantitative estimate of drug-likeness (QED) is 0.862. The highest BCUT2D eigenvalue weighted by molar-refractivity contribution is 7.90. The highest BCUT2D eigenvalue weighted by atomic mass is 32.2. The highest BCUT2D eigenvalue weighted by Crippen LogP contribution is 2.23. The SMILES string of the molecule is COC[C@H](C)S(=O)(=O)NC(=O)c1csc(-c2ccoc2)n1. The van der Waals surface area contributed by atoms with E-state index in [1.165, 1.54) is 43.3 Å². The fraction of sp³-hybridized carbons (Fsp3) is 0.333. The first-order valence-electron chi connectivity index (χ1n) is 5.97. The van der Waals surface area contributed by atoms with E-state index in [1.54, 1.807) is 6.07 Å². The number of nitrogens with one attached hydrogen (secondary N) is 1. The molecule has 9 heteroatoms. The van der Waals surface area contributed by atoms with Crippen LogP contribution in [0.4, 0.5) is 0 Å². The van der Waals surface area contributed by atoms with E-state index in [0.717, 1.165) is 5.56 Å². The van der Waals surface area contributed by atoms with Crippen molar-refractivity contribution >= 4 is 27.3 Å². The predicted octanol–water partition coefficient (Wildman–Crippen LogP) is 1.50. The van der Waals surface area contributed by atoms with Gasteiger partial charge in [-0.2, -0.15) is 0 Å². The Morgan fingerprint density at radius 3 is 2.95 bits per heavy atom. The van der Waals surface area contributed by atoms with Crippen LogP contribution in [0.15, 0.2) is 28.4 Å².